The summed E-state index contributed by atoms with van der Waals surface area (Å²) in [6.45, 7) is 8.36. The molecule has 12 nitrogen and oxygen atoms in total. The number of aromatic nitrogens is 2. The highest BCUT2D eigenvalue weighted by Gasteiger charge is 2.49. The summed E-state index contributed by atoms with van der Waals surface area (Å²) in [5.41, 5.74) is 2.71. The molecule has 11 rings (SSSR count). The van der Waals surface area contributed by atoms with Crippen LogP contribution >= 0.6 is 11.6 Å². The maximum absolute atomic E-state index is 14.4. The Hall–Kier alpha value is -6.40. The number of hydrogen-bond donors (Lipinski definition) is 3. The Morgan fingerprint density at radius 3 is 2.48 bits per heavy atom. The lowest BCUT2D eigenvalue weighted by Crippen LogP contribution is -2.47. The molecule has 2 unspecified atom stereocenters. The molecule has 2 atom stereocenters. The van der Waals surface area contributed by atoms with Gasteiger partial charge >= 0.3 is 5.51 Å². The fourth-order valence-corrected chi connectivity index (χ4v) is 13.9. The number of sulfone groups is 1. The van der Waals surface area contributed by atoms with E-state index in [1.54, 1.807) is 30.5 Å². The number of rotatable bonds is 13. The SMILES string of the molecule is CC1(C)CCC(CN2CCN(c3ccc(C(=O)NS(=O)(=O)c4ccc(NCC5Cc6cccc7ccc8c(c67)C5CCC8)c(S(=O)(=O)C(F)(F)F)c4)c(Oc4cnc5[nH]ccc5c4)c3)CC2)=C(c2ccc(Cl)cc2)C1. The second kappa shape index (κ2) is 19.6. The highest BCUT2D eigenvalue weighted by atomic mass is 35.5. The average molecular weight is 1080 g/mol. The number of benzene rings is 5. The van der Waals surface area contributed by atoms with Gasteiger partial charge in [-0.1, -0.05) is 73.5 Å². The van der Waals surface area contributed by atoms with E-state index in [2.05, 4.69) is 75.3 Å². The van der Waals surface area contributed by atoms with Crippen molar-refractivity contribution < 1.29 is 39.5 Å². The van der Waals surface area contributed by atoms with Gasteiger partial charge in [-0.2, -0.15) is 13.2 Å². The van der Waals surface area contributed by atoms with Crippen LogP contribution in [0, 0.1) is 11.3 Å². The first-order valence-corrected chi connectivity index (χ1v) is 28.6. The van der Waals surface area contributed by atoms with Gasteiger partial charge in [0, 0.05) is 67.6 Å². The van der Waals surface area contributed by atoms with Gasteiger partial charge < -0.3 is 19.9 Å². The first-order valence-electron chi connectivity index (χ1n) is 25.3. The zero-order valence-electron chi connectivity index (χ0n) is 41.4. The lowest BCUT2D eigenvalue weighted by atomic mass is 9.67. The van der Waals surface area contributed by atoms with Crippen LogP contribution in [0.15, 0.2) is 131 Å². The summed E-state index contributed by atoms with van der Waals surface area (Å²) in [7, 11) is -11.1. The highest BCUT2D eigenvalue weighted by Crippen LogP contribution is 2.48. The fraction of sp³-hybridized carbons (Fsp3) is 0.333. The Morgan fingerprint density at radius 1 is 0.893 bits per heavy atom. The van der Waals surface area contributed by atoms with Crippen molar-refractivity contribution in [2.75, 3.05) is 49.5 Å². The van der Waals surface area contributed by atoms with Gasteiger partial charge in [-0.25, -0.2) is 26.5 Å². The number of fused-ring (bicyclic) bond motifs is 1. The van der Waals surface area contributed by atoms with Crippen LogP contribution in [-0.2, 0) is 32.7 Å². The molecule has 2 aromatic heterocycles. The van der Waals surface area contributed by atoms with Crippen LogP contribution < -0.4 is 19.7 Å². The zero-order valence-corrected chi connectivity index (χ0v) is 43.8. The predicted octanol–water partition coefficient (Wildman–Crippen LogP) is 12.1. The molecule has 75 heavy (non-hydrogen) atoms. The second-order valence-corrected chi connectivity index (χ2v) is 25.1. The van der Waals surface area contributed by atoms with Crippen molar-refractivity contribution in [3.8, 4) is 11.5 Å². The number of nitrogens with zero attached hydrogens (tertiary/aromatic N) is 3. The number of ether oxygens (including phenoxy) is 1. The number of pyridine rings is 1. The lowest BCUT2D eigenvalue weighted by Gasteiger charge is -2.39. The van der Waals surface area contributed by atoms with E-state index in [1.165, 1.54) is 45.5 Å². The van der Waals surface area contributed by atoms with Crippen molar-refractivity contribution in [1.29, 1.82) is 0 Å². The molecular formula is C57H56ClF3N6O6S2. The summed E-state index contributed by atoms with van der Waals surface area (Å²) >= 11 is 6.26. The summed E-state index contributed by atoms with van der Waals surface area (Å²) < 4.78 is 106. The molecule has 0 spiro atoms. The van der Waals surface area contributed by atoms with Gasteiger partial charge in [0.05, 0.1) is 22.3 Å². The maximum atomic E-state index is 14.4. The molecule has 1 saturated heterocycles. The largest absolute Gasteiger partial charge is 0.501 e. The van der Waals surface area contributed by atoms with E-state index in [0.29, 0.717) is 41.9 Å². The number of hydrogen-bond acceptors (Lipinski definition) is 10. The average Bonchev–Trinajstić information content (AvgIpc) is 3.86. The Balaban J connectivity index is 0.842. The quantitative estimate of drug-likeness (QED) is 0.102. The van der Waals surface area contributed by atoms with E-state index in [4.69, 9.17) is 16.3 Å². The number of alkyl halides is 3. The number of carbonyl (C=O) groups excluding carboxylic acids is 1. The van der Waals surface area contributed by atoms with Crippen molar-refractivity contribution in [3.05, 3.63) is 154 Å². The number of nitrogens with one attached hydrogen (secondary N) is 3. The third kappa shape index (κ3) is 10.1. The van der Waals surface area contributed by atoms with Crippen LogP contribution in [0.3, 0.4) is 0 Å². The number of allylic oxidation sites excluding steroid dienone is 1. The van der Waals surface area contributed by atoms with Crippen molar-refractivity contribution >= 4 is 76.1 Å². The molecule has 0 saturated carbocycles. The molecule has 4 aliphatic rings. The summed E-state index contributed by atoms with van der Waals surface area (Å²) in [5, 5.41) is 6.74. The standard InChI is InChI=1S/C57H56ClF3N6O6S2/c1-56(2)21-19-40(48(31-56)35-11-13-42(58)14-12-35)34-66-23-25-67(26-24-66)43-15-17-47(50(29-43)73-44-28-39-20-22-62-54(39)64-33-44)55(68)65-75(71,72)45-16-18-49(51(30-45)74(69,70)57(59,60)61)63-32-41-27-38-7-3-5-36-9-10-37-6-4-8-46(41)53(37)52(36)38/h3,5,7,9-18,20,22,28-30,33,41,46,63H,4,6,8,19,21,23-27,31-32,34H2,1-2H3,(H,62,64)(H,65,68). The van der Waals surface area contributed by atoms with Crippen LogP contribution in [0.1, 0.15) is 84.5 Å². The van der Waals surface area contributed by atoms with Crippen LogP contribution in [0.4, 0.5) is 24.5 Å². The number of aryl methyl sites for hydroxylation is 1. The lowest BCUT2D eigenvalue weighted by molar-refractivity contribution is -0.0435. The molecule has 3 heterocycles. The summed E-state index contributed by atoms with van der Waals surface area (Å²) in [5.74, 6) is -0.900. The summed E-state index contributed by atoms with van der Waals surface area (Å²) in [4.78, 5) is 24.1. The minimum absolute atomic E-state index is 0.00607. The smallest absolute Gasteiger partial charge is 0.455 e. The van der Waals surface area contributed by atoms with E-state index in [9.17, 15) is 34.8 Å². The molecule has 1 fully saturated rings. The van der Waals surface area contributed by atoms with Crippen LogP contribution in [0.2, 0.25) is 5.02 Å². The van der Waals surface area contributed by atoms with Gasteiger partial charge in [-0.05, 0) is 155 Å². The van der Waals surface area contributed by atoms with Crippen molar-refractivity contribution in [2.45, 2.75) is 80.0 Å². The highest BCUT2D eigenvalue weighted by molar-refractivity contribution is 7.92. The first-order chi connectivity index (χ1) is 35.8. The zero-order chi connectivity index (χ0) is 52.4. The van der Waals surface area contributed by atoms with E-state index in [-0.39, 0.29) is 40.9 Å². The molecule has 3 N–H and O–H groups in total. The van der Waals surface area contributed by atoms with Gasteiger partial charge in [0.15, 0.2) is 0 Å². The summed E-state index contributed by atoms with van der Waals surface area (Å²) in [6.07, 6.45) is 9.59. The molecule has 0 radical (unpaired) electrons. The molecule has 3 aliphatic carbocycles. The Morgan fingerprint density at radius 2 is 1.69 bits per heavy atom. The van der Waals surface area contributed by atoms with Crippen LogP contribution in [0.5, 0.6) is 11.5 Å². The molecule has 0 bridgehead atoms. The molecule has 1 amide bonds. The summed E-state index contributed by atoms with van der Waals surface area (Å²) in [6, 6.07) is 29.2. The predicted molar refractivity (Wildman–Crippen MR) is 287 cm³/mol. The number of sulfonamides is 1. The van der Waals surface area contributed by atoms with Crippen LogP contribution in [0.25, 0.3) is 27.4 Å². The number of amides is 1. The minimum atomic E-state index is -6.10. The first kappa shape index (κ1) is 50.7. The number of piperazine rings is 1. The number of H-pyrrole nitrogens is 1. The second-order valence-electron chi connectivity index (χ2n) is 21.1. The monoisotopic (exact) mass is 1080 g/mol. The van der Waals surface area contributed by atoms with Gasteiger partial charge in [-0.15, -0.1) is 0 Å². The number of halogens is 4. The third-order valence-corrected chi connectivity index (χ3v) is 18.7. The van der Waals surface area contributed by atoms with E-state index in [1.807, 2.05) is 22.9 Å². The molecule has 390 valence electrons. The molecule has 7 aromatic rings. The third-order valence-electron chi connectivity index (χ3n) is 15.6. The number of carbonyl (C=O) groups is 1. The van der Waals surface area contributed by atoms with Gasteiger partial charge in [-0.3, -0.25) is 9.69 Å². The van der Waals surface area contributed by atoms with E-state index >= 15 is 0 Å². The number of anilines is 2. The Bertz CT molecular complexity index is 3650. The van der Waals surface area contributed by atoms with Crippen LogP contribution in [-0.4, -0.2) is 82.4 Å². The Labute approximate surface area is 439 Å². The molecule has 18 heteroatoms. The Kier molecular flexibility index (Phi) is 13.3. The van der Waals surface area contributed by atoms with Crippen molar-refractivity contribution in [2.24, 2.45) is 11.3 Å². The van der Waals surface area contributed by atoms with Gasteiger partial charge in [0.1, 0.15) is 22.0 Å². The van der Waals surface area contributed by atoms with E-state index in [0.717, 1.165) is 86.6 Å². The maximum Gasteiger partial charge on any atom is 0.501 e. The molecule has 1 aliphatic heterocycles. The fourth-order valence-electron chi connectivity index (χ4n) is 11.7. The van der Waals surface area contributed by atoms with Gasteiger partial charge in [0.25, 0.3) is 25.8 Å². The van der Waals surface area contributed by atoms with Crippen molar-refractivity contribution in [3.63, 3.8) is 0 Å². The number of aromatic amines is 1. The van der Waals surface area contributed by atoms with Crippen molar-refractivity contribution in [1.82, 2.24) is 19.6 Å². The van der Waals surface area contributed by atoms with E-state index < -0.39 is 46.8 Å². The minimum Gasteiger partial charge on any atom is -0.455 e. The normalized spacial score (nSPS) is 19.1. The topological polar surface area (TPSA) is 154 Å². The molecular weight excluding hydrogens is 1020 g/mol. The van der Waals surface area contributed by atoms with Gasteiger partial charge in [0.2, 0.25) is 0 Å². The molecule has 5 aromatic carbocycles.